The van der Waals surface area contributed by atoms with E-state index in [9.17, 15) is 9.59 Å². The molecule has 172 valence electrons. The summed E-state index contributed by atoms with van der Waals surface area (Å²) in [4.78, 5) is 30.1. The maximum Gasteiger partial charge on any atom is 0.221 e. The monoisotopic (exact) mass is 473 g/mol. The lowest BCUT2D eigenvalue weighted by Gasteiger charge is -2.20. The average Bonchev–Trinajstić information content (AvgIpc) is 3.29. The number of carbonyl (C=O) groups excluding carboxylic acids is 2. The number of allylic oxidation sites excluding steroid dienone is 1. The van der Waals surface area contributed by atoms with Crippen molar-refractivity contribution < 1.29 is 14.0 Å². The van der Waals surface area contributed by atoms with Crippen molar-refractivity contribution in [1.82, 2.24) is 10.3 Å². The van der Waals surface area contributed by atoms with E-state index in [4.69, 9.17) is 21.8 Å². The van der Waals surface area contributed by atoms with Gasteiger partial charge in [-0.05, 0) is 54.5 Å². The normalized spacial score (nSPS) is 12.3. The average molecular weight is 474 g/mol. The molecule has 0 saturated heterocycles. The van der Waals surface area contributed by atoms with Gasteiger partial charge in [0, 0.05) is 35.3 Å². The first-order valence-electron chi connectivity index (χ1n) is 10.9. The Balaban J connectivity index is 1.58. The first-order chi connectivity index (χ1) is 16.5. The van der Waals surface area contributed by atoms with Crippen LogP contribution in [0.1, 0.15) is 43.8 Å². The number of nitrogens with zero attached hydrogens (tertiary/aromatic N) is 1. The number of nitrogens with one attached hydrogen (secondary N) is 1. The van der Waals surface area contributed by atoms with Crippen LogP contribution in [-0.2, 0) is 0 Å². The number of aromatic nitrogens is 1. The number of hydrogen-bond acceptors (Lipinski definition) is 6. The Morgan fingerprint density at radius 1 is 1.12 bits per heavy atom. The van der Waals surface area contributed by atoms with Crippen LogP contribution in [0.25, 0.3) is 17.0 Å². The number of benzene rings is 2. The highest BCUT2D eigenvalue weighted by atomic mass is 35.5. The summed E-state index contributed by atoms with van der Waals surface area (Å²) in [5, 5.41) is 4.69. The molecule has 0 fully saturated rings. The van der Waals surface area contributed by atoms with Crippen LogP contribution in [0.2, 0.25) is 5.02 Å². The summed E-state index contributed by atoms with van der Waals surface area (Å²) in [6, 6.07) is 17.2. The topological polar surface area (TPSA) is 98.2 Å². The highest BCUT2D eigenvalue weighted by Gasteiger charge is 2.23. The van der Waals surface area contributed by atoms with E-state index in [1.165, 1.54) is 6.08 Å². The molecule has 0 amide bonds. The molecule has 0 radical (unpaired) electrons. The summed E-state index contributed by atoms with van der Waals surface area (Å²) >= 11 is 6.12. The van der Waals surface area contributed by atoms with Crippen molar-refractivity contribution in [3.63, 3.8) is 0 Å². The lowest BCUT2D eigenvalue weighted by atomic mass is 9.94. The van der Waals surface area contributed by atoms with Crippen molar-refractivity contribution in [2.75, 3.05) is 13.1 Å². The van der Waals surface area contributed by atoms with E-state index in [1.54, 1.807) is 67.7 Å². The minimum Gasteiger partial charge on any atom is -0.458 e. The lowest BCUT2D eigenvalue weighted by Crippen LogP contribution is -2.32. The zero-order chi connectivity index (χ0) is 24.1. The molecule has 34 heavy (non-hydrogen) atoms. The number of rotatable bonds is 9. The molecule has 0 bridgehead atoms. The van der Waals surface area contributed by atoms with Crippen LogP contribution < -0.4 is 11.1 Å². The van der Waals surface area contributed by atoms with Crippen LogP contribution >= 0.6 is 11.6 Å². The molecule has 4 rings (SSSR count). The molecule has 0 saturated carbocycles. The fourth-order valence-electron chi connectivity index (χ4n) is 3.71. The first-order valence-corrected chi connectivity index (χ1v) is 11.2. The second kappa shape index (κ2) is 10.6. The number of furan rings is 1. The second-order valence-corrected chi connectivity index (χ2v) is 8.27. The molecule has 1 unspecified atom stereocenters. The van der Waals surface area contributed by atoms with Gasteiger partial charge in [0.15, 0.2) is 11.5 Å². The highest BCUT2D eigenvalue weighted by molar-refractivity contribution is 6.31. The molecular weight excluding hydrogens is 450 g/mol. The number of pyridine rings is 1. The quantitative estimate of drug-likeness (QED) is 0.257. The van der Waals surface area contributed by atoms with Gasteiger partial charge in [0.1, 0.15) is 5.76 Å². The van der Waals surface area contributed by atoms with Gasteiger partial charge in [0.25, 0.3) is 0 Å². The van der Waals surface area contributed by atoms with E-state index in [0.717, 1.165) is 16.5 Å². The fraction of sp³-hybridized carbons (Fsp3) is 0.148. The molecule has 2 aromatic carbocycles. The minimum absolute atomic E-state index is 0.0893. The van der Waals surface area contributed by atoms with E-state index in [2.05, 4.69) is 10.3 Å². The summed E-state index contributed by atoms with van der Waals surface area (Å²) in [5.41, 5.74) is 8.56. The van der Waals surface area contributed by atoms with Gasteiger partial charge < -0.3 is 15.5 Å². The van der Waals surface area contributed by atoms with Crippen LogP contribution in [0.3, 0.4) is 0 Å². The van der Waals surface area contributed by atoms with E-state index in [1.807, 2.05) is 12.1 Å². The SMILES string of the molecule is Cc1ccc(C(=O)/C=C/c2ccc(C(=O)C(NCCN)c3ccnc4cc(Cl)ccc34)cc2)o1. The van der Waals surface area contributed by atoms with Crippen LogP contribution in [0, 0.1) is 6.92 Å². The zero-order valence-corrected chi connectivity index (χ0v) is 19.4. The molecule has 0 spiro atoms. The third-order valence-electron chi connectivity index (χ3n) is 5.41. The van der Waals surface area contributed by atoms with Gasteiger partial charge in [-0.1, -0.05) is 48.0 Å². The summed E-state index contributed by atoms with van der Waals surface area (Å²) in [5.74, 6) is 0.667. The zero-order valence-electron chi connectivity index (χ0n) is 18.6. The molecule has 0 aliphatic heterocycles. The number of carbonyl (C=O) groups is 2. The third kappa shape index (κ3) is 5.31. The summed E-state index contributed by atoms with van der Waals surface area (Å²) in [6.07, 6.45) is 4.82. The van der Waals surface area contributed by atoms with Gasteiger partial charge in [-0.25, -0.2) is 0 Å². The van der Waals surface area contributed by atoms with Gasteiger partial charge in [0.2, 0.25) is 5.78 Å². The number of aryl methyl sites for hydroxylation is 1. The first kappa shape index (κ1) is 23.6. The maximum atomic E-state index is 13.5. The molecular formula is C27H24ClN3O3. The number of nitrogens with two attached hydrogens (primary N) is 1. The smallest absolute Gasteiger partial charge is 0.221 e. The van der Waals surface area contributed by atoms with Crippen molar-refractivity contribution in [2.24, 2.45) is 5.73 Å². The number of Topliss-reactive ketones (excluding diaryl/α,β-unsaturated/α-hetero) is 1. The Hall–Kier alpha value is -3.58. The largest absolute Gasteiger partial charge is 0.458 e. The molecule has 0 aliphatic rings. The van der Waals surface area contributed by atoms with Crippen molar-refractivity contribution >= 4 is 40.1 Å². The van der Waals surface area contributed by atoms with Gasteiger partial charge >= 0.3 is 0 Å². The van der Waals surface area contributed by atoms with Gasteiger partial charge in [0.05, 0.1) is 11.6 Å². The minimum atomic E-state index is -0.597. The Kier molecular flexibility index (Phi) is 7.33. The van der Waals surface area contributed by atoms with Crippen molar-refractivity contribution in [2.45, 2.75) is 13.0 Å². The lowest BCUT2D eigenvalue weighted by molar-refractivity contribution is 0.0943. The molecule has 6 nitrogen and oxygen atoms in total. The Labute approximate surface area is 202 Å². The standard InChI is InChI=1S/C27H24ClN3O3/c1-17-2-11-25(34-17)24(32)10-5-18-3-6-19(7-4-18)27(33)26(31-15-13-29)22-12-14-30-23-16-20(28)8-9-21(22)23/h2-12,14,16,26,31H,13,15,29H2,1H3/b10-5+. The van der Waals surface area contributed by atoms with Crippen LogP contribution in [0.5, 0.6) is 0 Å². The second-order valence-electron chi connectivity index (χ2n) is 7.83. The molecule has 4 aromatic rings. The predicted molar refractivity (Wildman–Crippen MR) is 134 cm³/mol. The van der Waals surface area contributed by atoms with Gasteiger partial charge in [-0.15, -0.1) is 0 Å². The molecule has 7 heteroatoms. The number of fused-ring (bicyclic) bond motifs is 1. The molecule has 2 aromatic heterocycles. The summed E-state index contributed by atoms with van der Waals surface area (Å²) in [6.45, 7) is 2.66. The molecule has 1 atom stereocenters. The molecule has 3 N–H and O–H groups in total. The van der Waals surface area contributed by atoms with E-state index in [-0.39, 0.29) is 11.6 Å². The van der Waals surface area contributed by atoms with Crippen LogP contribution in [-0.4, -0.2) is 29.6 Å². The number of ketones is 2. The maximum absolute atomic E-state index is 13.5. The molecule has 2 heterocycles. The van der Waals surface area contributed by atoms with E-state index in [0.29, 0.717) is 40.7 Å². The van der Waals surface area contributed by atoms with E-state index < -0.39 is 6.04 Å². The third-order valence-corrected chi connectivity index (χ3v) is 5.65. The van der Waals surface area contributed by atoms with Crippen molar-refractivity contribution in [3.05, 3.63) is 106 Å². The molecule has 0 aliphatic carbocycles. The van der Waals surface area contributed by atoms with Crippen LogP contribution in [0.15, 0.2) is 77.4 Å². The number of hydrogen-bond donors (Lipinski definition) is 2. The summed E-state index contributed by atoms with van der Waals surface area (Å²) < 4.78 is 5.35. The van der Waals surface area contributed by atoms with Crippen molar-refractivity contribution in [3.8, 4) is 0 Å². The Morgan fingerprint density at radius 3 is 2.62 bits per heavy atom. The Bertz CT molecular complexity index is 1360. The predicted octanol–water partition coefficient (Wildman–Crippen LogP) is 5.16. The van der Waals surface area contributed by atoms with Gasteiger partial charge in [-0.3, -0.25) is 14.6 Å². The van der Waals surface area contributed by atoms with E-state index >= 15 is 0 Å². The fourth-order valence-corrected chi connectivity index (χ4v) is 3.88. The van der Waals surface area contributed by atoms with Crippen LogP contribution in [0.4, 0.5) is 0 Å². The Morgan fingerprint density at radius 2 is 1.91 bits per heavy atom. The number of halogens is 1. The highest BCUT2D eigenvalue weighted by Crippen LogP contribution is 2.28. The van der Waals surface area contributed by atoms with Crippen molar-refractivity contribution in [1.29, 1.82) is 0 Å². The van der Waals surface area contributed by atoms with Gasteiger partial charge in [-0.2, -0.15) is 0 Å². The summed E-state index contributed by atoms with van der Waals surface area (Å²) in [7, 11) is 0.